The van der Waals surface area contributed by atoms with Gasteiger partial charge in [-0.2, -0.15) is 0 Å². The molecule has 0 heterocycles. The lowest BCUT2D eigenvalue weighted by atomic mass is 10.3. The Labute approximate surface area is 129 Å². The SMILES string of the molecule is Br.Br.Br.Br.C[N+](C)(C)c1ccccc1. The lowest BCUT2D eigenvalue weighted by Gasteiger charge is -2.22. The van der Waals surface area contributed by atoms with Gasteiger partial charge >= 0.3 is 0 Å². The first-order valence-electron chi connectivity index (χ1n) is 3.48. The zero-order chi connectivity index (χ0) is 7.61. The molecule has 0 fully saturated rings. The topological polar surface area (TPSA) is 0 Å². The molecule has 0 aromatic heterocycles. The minimum absolute atomic E-state index is 0. The molecule has 1 nitrogen and oxygen atoms in total. The van der Waals surface area contributed by atoms with Crippen molar-refractivity contribution in [1.29, 1.82) is 0 Å². The van der Waals surface area contributed by atoms with Gasteiger partial charge in [-0.25, -0.2) is 0 Å². The van der Waals surface area contributed by atoms with E-state index in [0.717, 1.165) is 4.48 Å². The fourth-order valence-electron chi connectivity index (χ4n) is 0.875. The summed E-state index contributed by atoms with van der Waals surface area (Å²) in [6.45, 7) is 0. The molecule has 1 aromatic carbocycles. The fraction of sp³-hybridized carbons (Fsp3) is 0.333. The Bertz CT molecular complexity index is 208. The molecule has 0 bridgehead atoms. The maximum absolute atomic E-state index is 2.16. The standard InChI is InChI=1S/C9H14N.4BrH/c1-10(2,3)9-7-5-4-6-8-9;;;;/h4-8H,1-3H3;4*1H/q+1;;;;. The number of nitrogens with zero attached hydrogens (tertiary/aromatic N) is 1. The molecular weight excluding hydrogens is 442 g/mol. The molecule has 0 atom stereocenters. The van der Waals surface area contributed by atoms with Crippen LogP contribution >= 0.6 is 67.9 Å². The smallest absolute Gasteiger partial charge is 0.132 e. The number of hydrogen-bond acceptors (Lipinski definition) is 0. The summed E-state index contributed by atoms with van der Waals surface area (Å²) in [7, 11) is 6.49. The van der Waals surface area contributed by atoms with Gasteiger partial charge in [0.1, 0.15) is 5.69 Å². The second kappa shape index (κ2) is 10.6. The highest BCUT2D eigenvalue weighted by molar-refractivity contribution is 8.93. The summed E-state index contributed by atoms with van der Waals surface area (Å²) in [5.41, 5.74) is 1.34. The molecule has 1 aromatic rings. The van der Waals surface area contributed by atoms with E-state index in [1.807, 2.05) is 6.07 Å². The Morgan fingerprint density at radius 3 is 1.29 bits per heavy atom. The monoisotopic (exact) mass is 456 g/mol. The van der Waals surface area contributed by atoms with Crippen LogP contribution in [0, 0.1) is 0 Å². The van der Waals surface area contributed by atoms with Crippen molar-refractivity contribution in [3.05, 3.63) is 30.3 Å². The highest BCUT2D eigenvalue weighted by Gasteiger charge is 2.08. The molecule has 0 N–H and O–H groups in total. The first-order valence-corrected chi connectivity index (χ1v) is 3.48. The van der Waals surface area contributed by atoms with Gasteiger partial charge < -0.3 is 0 Å². The molecule has 0 aliphatic carbocycles. The molecule has 0 amide bonds. The molecule has 0 spiro atoms. The fourth-order valence-corrected chi connectivity index (χ4v) is 0.875. The predicted molar refractivity (Wildman–Crippen MR) is 87.3 cm³/mol. The van der Waals surface area contributed by atoms with Crippen molar-refractivity contribution in [2.45, 2.75) is 0 Å². The molecule has 1 rings (SSSR count). The molecule has 0 unspecified atom stereocenters. The van der Waals surface area contributed by atoms with Gasteiger partial charge in [-0.05, 0) is 12.1 Å². The van der Waals surface area contributed by atoms with Crippen molar-refractivity contribution >= 4 is 73.6 Å². The van der Waals surface area contributed by atoms with Crippen LogP contribution in [0.1, 0.15) is 0 Å². The Morgan fingerprint density at radius 2 is 1.07 bits per heavy atom. The van der Waals surface area contributed by atoms with Gasteiger partial charge in [-0.1, -0.05) is 18.2 Å². The second-order valence-corrected chi connectivity index (χ2v) is 3.35. The van der Waals surface area contributed by atoms with Crippen molar-refractivity contribution in [1.82, 2.24) is 4.48 Å². The number of para-hydroxylation sites is 1. The molecular formula is C9H18Br4N+. The van der Waals surface area contributed by atoms with Crippen LogP contribution in [0.25, 0.3) is 0 Å². The Morgan fingerprint density at radius 1 is 0.714 bits per heavy atom. The van der Waals surface area contributed by atoms with Crippen molar-refractivity contribution < 1.29 is 0 Å². The molecule has 0 aliphatic heterocycles. The van der Waals surface area contributed by atoms with Gasteiger partial charge in [0.15, 0.2) is 0 Å². The van der Waals surface area contributed by atoms with Gasteiger partial charge in [-0.3, -0.25) is 4.48 Å². The predicted octanol–water partition coefficient (Wildman–Crippen LogP) is 4.19. The summed E-state index contributed by atoms with van der Waals surface area (Å²) in [4.78, 5) is 0. The lowest BCUT2D eigenvalue weighted by molar-refractivity contribution is 0.486. The minimum atomic E-state index is 0. The number of hydrogen-bond donors (Lipinski definition) is 0. The average molecular weight is 460 g/mol. The summed E-state index contributed by atoms with van der Waals surface area (Å²) < 4.78 is 0.890. The summed E-state index contributed by atoms with van der Waals surface area (Å²) in [5.74, 6) is 0. The summed E-state index contributed by atoms with van der Waals surface area (Å²) in [5, 5.41) is 0. The van der Waals surface area contributed by atoms with E-state index in [1.54, 1.807) is 0 Å². The second-order valence-electron chi connectivity index (χ2n) is 3.35. The average Bonchev–Trinajstić information content (AvgIpc) is 1.88. The van der Waals surface area contributed by atoms with Crippen LogP contribution in [0.15, 0.2) is 30.3 Å². The molecule has 0 saturated carbocycles. The third kappa shape index (κ3) is 8.41. The van der Waals surface area contributed by atoms with E-state index in [4.69, 9.17) is 0 Å². The van der Waals surface area contributed by atoms with Gasteiger partial charge in [0.05, 0.1) is 21.1 Å². The molecule has 86 valence electrons. The summed E-state index contributed by atoms with van der Waals surface area (Å²) >= 11 is 0. The third-order valence-corrected chi connectivity index (χ3v) is 1.53. The van der Waals surface area contributed by atoms with Crippen LogP contribution in [-0.4, -0.2) is 21.1 Å². The van der Waals surface area contributed by atoms with Crippen LogP contribution in [0.5, 0.6) is 0 Å². The van der Waals surface area contributed by atoms with Crippen molar-refractivity contribution in [2.24, 2.45) is 0 Å². The molecule has 0 radical (unpaired) electrons. The van der Waals surface area contributed by atoms with E-state index < -0.39 is 0 Å². The van der Waals surface area contributed by atoms with Crippen molar-refractivity contribution in [3.63, 3.8) is 0 Å². The highest BCUT2D eigenvalue weighted by Crippen LogP contribution is 2.14. The maximum Gasteiger partial charge on any atom is 0.132 e. The number of benzene rings is 1. The largest absolute Gasteiger partial charge is 0.298 e. The number of quaternary nitrogens is 1. The summed E-state index contributed by atoms with van der Waals surface area (Å²) in [6.07, 6.45) is 0. The third-order valence-electron chi connectivity index (χ3n) is 1.53. The van der Waals surface area contributed by atoms with Crippen LogP contribution < -0.4 is 4.48 Å². The number of halogens is 4. The molecule has 0 saturated heterocycles. The van der Waals surface area contributed by atoms with E-state index in [-0.39, 0.29) is 67.9 Å². The lowest BCUT2D eigenvalue weighted by Crippen LogP contribution is -2.34. The quantitative estimate of drug-likeness (QED) is 0.552. The van der Waals surface area contributed by atoms with Crippen molar-refractivity contribution in [3.8, 4) is 0 Å². The normalized spacial score (nSPS) is 8.21. The van der Waals surface area contributed by atoms with Gasteiger partial charge in [0.2, 0.25) is 0 Å². The number of rotatable bonds is 1. The van der Waals surface area contributed by atoms with Gasteiger partial charge in [0, 0.05) is 0 Å². The molecule has 0 aliphatic rings. The molecule has 14 heavy (non-hydrogen) atoms. The first kappa shape index (κ1) is 24.4. The van der Waals surface area contributed by atoms with E-state index in [0.29, 0.717) is 0 Å². The van der Waals surface area contributed by atoms with Crippen LogP contribution in [0.2, 0.25) is 0 Å². The van der Waals surface area contributed by atoms with Crippen molar-refractivity contribution in [2.75, 3.05) is 21.1 Å². The van der Waals surface area contributed by atoms with Crippen LogP contribution in [0.3, 0.4) is 0 Å². The van der Waals surface area contributed by atoms with Gasteiger partial charge in [0.25, 0.3) is 0 Å². The Kier molecular flexibility index (Phi) is 18.5. The summed E-state index contributed by atoms with van der Waals surface area (Å²) in [6, 6.07) is 10.5. The zero-order valence-corrected chi connectivity index (χ0v) is 15.3. The first-order chi connectivity index (χ1) is 4.61. The maximum atomic E-state index is 2.16. The molecule has 5 heteroatoms. The van der Waals surface area contributed by atoms with E-state index >= 15 is 0 Å². The van der Waals surface area contributed by atoms with E-state index in [9.17, 15) is 0 Å². The van der Waals surface area contributed by atoms with Crippen LogP contribution in [-0.2, 0) is 0 Å². The Balaban J connectivity index is -0.000000125. The minimum Gasteiger partial charge on any atom is -0.298 e. The zero-order valence-electron chi connectivity index (χ0n) is 8.47. The van der Waals surface area contributed by atoms with Gasteiger partial charge in [-0.15, -0.1) is 67.9 Å². The van der Waals surface area contributed by atoms with E-state index in [1.165, 1.54) is 5.69 Å². The Hall–Kier alpha value is 1.10. The highest BCUT2D eigenvalue weighted by atomic mass is 79.9. The van der Waals surface area contributed by atoms with Crippen LogP contribution in [0.4, 0.5) is 5.69 Å². The van der Waals surface area contributed by atoms with E-state index in [2.05, 4.69) is 45.4 Å².